The van der Waals surface area contributed by atoms with Gasteiger partial charge in [-0.25, -0.2) is 9.37 Å². The quantitative estimate of drug-likeness (QED) is 0.773. The maximum absolute atomic E-state index is 12.9. The fourth-order valence-electron chi connectivity index (χ4n) is 2.02. The number of rotatable bonds is 3. The Hall–Kier alpha value is -2.53. The molecule has 22 heavy (non-hydrogen) atoms. The van der Waals surface area contributed by atoms with Gasteiger partial charge in [0.05, 0.1) is 4.88 Å². The first-order valence-electron chi connectivity index (χ1n) is 6.72. The Kier molecular flexibility index (Phi) is 3.98. The molecule has 0 spiro atoms. The van der Waals surface area contributed by atoms with Crippen molar-refractivity contribution < 1.29 is 9.18 Å². The smallest absolute Gasteiger partial charge is 0.266 e. The fourth-order valence-corrected chi connectivity index (χ4v) is 2.93. The van der Waals surface area contributed by atoms with Crippen LogP contribution in [0.2, 0.25) is 0 Å². The van der Waals surface area contributed by atoms with Gasteiger partial charge in [-0.1, -0.05) is 18.2 Å². The van der Waals surface area contributed by atoms with Crippen molar-refractivity contribution in [3.05, 3.63) is 71.0 Å². The molecule has 0 saturated heterocycles. The van der Waals surface area contributed by atoms with Gasteiger partial charge in [-0.3, -0.25) is 4.79 Å². The highest BCUT2D eigenvalue weighted by atomic mass is 32.1. The molecule has 0 aliphatic carbocycles. The summed E-state index contributed by atoms with van der Waals surface area (Å²) in [5.74, 6) is 0.0574. The molecule has 2 heterocycles. The summed E-state index contributed by atoms with van der Waals surface area (Å²) in [5, 5.41) is 2.77. The van der Waals surface area contributed by atoms with Crippen LogP contribution in [0.25, 0.3) is 10.4 Å². The molecule has 110 valence electrons. The zero-order chi connectivity index (χ0) is 15.5. The molecule has 0 aliphatic heterocycles. The van der Waals surface area contributed by atoms with Gasteiger partial charge in [0, 0.05) is 10.6 Å². The number of anilines is 1. The number of carbonyl (C=O) groups is 1. The zero-order valence-corrected chi connectivity index (χ0v) is 12.7. The first-order valence-corrected chi connectivity index (χ1v) is 7.54. The van der Waals surface area contributed by atoms with Gasteiger partial charge >= 0.3 is 0 Å². The summed E-state index contributed by atoms with van der Waals surface area (Å²) in [7, 11) is 0. The van der Waals surface area contributed by atoms with E-state index in [4.69, 9.17) is 0 Å². The molecule has 3 nitrogen and oxygen atoms in total. The second kappa shape index (κ2) is 6.07. The molecule has 0 unspecified atom stereocenters. The molecule has 3 aromatic rings. The third kappa shape index (κ3) is 3.20. The Labute approximate surface area is 131 Å². The van der Waals surface area contributed by atoms with E-state index in [1.54, 1.807) is 24.3 Å². The number of aromatic nitrogens is 1. The van der Waals surface area contributed by atoms with Crippen LogP contribution in [-0.4, -0.2) is 10.9 Å². The Morgan fingerprint density at radius 3 is 2.59 bits per heavy atom. The summed E-state index contributed by atoms with van der Waals surface area (Å²) >= 11 is 1.36. The number of halogens is 1. The van der Waals surface area contributed by atoms with Crippen molar-refractivity contribution in [3.8, 4) is 10.4 Å². The largest absolute Gasteiger partial charge is 0.306 e. The van der Waals surface area contributed by atoms with Crippen LogP contribution in [0, 0.1) is 12.7 Å². The molecule has 0 aliphatic rings. The molecule has 5 heteroatoms. The predicted octanol–water partition coefficient (Wildman–Crippen LogP) is 4.51. The lowest BCUT2D eigenvalue weighted by atomic mass is 10.2. The molecule has 0 fully saturated rings. The highest BCUT2D eigenvalue weighted by molar-refractivity contribution is 7.17. The molecule has 0 bridgehead atoms. The molecule has 1 aromatic carbocycles. The van der Waals surface area contributed by atoms with E-state index < -0.39 is 0 Å². The van der Waals surface area contributed by atoms with E-state index in [1.165, 1.54) is 23.5 Å². The lowest BCUT2D eigenvalue weighted by Crippen LogP contribution is -2.11. The molecule has 1 amide bonds. The van der Waals surface area contributed by atoms with E-state index in [2.05, 4.69) is 10.3 Å². The normalized spacial score (nSPS) is 10.5. The van der Waals surface area contributed by atoms with Crippen LogP contribution in [0.5, 0.6) is 0 Å². The number of hydrogen-bond acceptors (Lipinski definition) is 3. The van der Waals surface area contributed by atoms with Crippen molar-refractivity contribution in [3.63, 3.8) is 0 Å². The third-order valence-electron chi connectivity index (χ3n) is 3.09. The van der Waals surface area contributed by atoms with Crippen LogP contribution in [0.1, 0.15) is 15.4 Å². The second-order valence-electron chi connectivity index (χ2n) is 4.79. The fraction of sp³-hybridized carbons (Fsp3) is 0.0588. The van der Waals surface area contributed by atoms with Gasteiger partial charge in [0.25, 0.3) is 5.91 Å². The van der Waals surface area contributed by atoms with Gasteiger partial charge < -0.3 is 5.32 Å². The predicted molar refractivity (Wildman–Crippen MR) is 86.6 cm³/mol. The van der Waals surface area contributed by atoms with Gasteiger partial charge in [-0.2, -0.15) is 0 Å². The van der Waals surface area contributed by atoms with E-state index in [-0.39, 0.29) is 11.7 Å². The molecule has 0 atom stereocenters. The average Bonchev–Trinajstić information content (AvgIpc) is 2.98. The second-order valence-corrected chi connectivity index (χ2v) is 5.87. The van der Waals surface area contributed by atoms with Crippen LogP contribution >= 0.6 is 11.3 Å². The van der Waals surface area contributed by atoms with Crippen molar-refractivity contribution in [2.24, 2.45) is 0 Å². The van der Waals surface area contributed by atoms with Crippen molar-refractivity contribution in [2.75, 3.05) is 5.32 Å². The number of pyridine rings is 1. The number of carbonyl (C=O) groups excluding carboxylic acids is 1. The monoisotopic (exact) mass is 312 g/mol. The Bertz CT molecular complexity index is 812. The van der Waals surface area contributed by atoms with Crippen molar-refractivity contribution in [1.82, 2.24) is 4.98 Å². The number of amides is 1. The van der Waals surface area contributed by atoms with Crippen LogP contribution in [0.4, 0.5) is 10.2 Å². The van der Waals surface area contributed by atoms with Crippen LogP contribution in [-0.2, 0) is 0 Å². The molecule has 2 aromatic heterocycles. The van der Waals surface area contributed by atoms with Crippen LogP contribution < -0.4 is 5.32 Å². The summed E-state index contributed by atoms with van der Waals surface area (Å²) in [4.78, 5) is 18.0. The summed E-state index contributed by atoms with van der Waals surface area (Å²) in [5.41, 5.74) is 1.73. The minimum absolute atomic E-state index is 0.198. The average molecular weight is 312 g/mol. The third-order valence-corrected chi connectivity index (χ3v) is 4.22. The highest BCUT2D eigenvalue weighted by Crippen LogP contribution is 2.28. The molecule has 1 N–H and O–H groups in total. The Morgan fingerprint density at radius 2 is 1.86 bits per heavy atom. The first-order chi connectivity index (χ1) is 10.6. The zero-order valence-electron chi connectivity index (χ0n) is 11.8. The Balaban J connectivity index is 1.78. The van der Waals surface area contributed by atoms with E-state index in [0.717, 1.165) is 16.1 Å². The first kappa shape index (κ1) is 14.4. The van der Waals surface area contributed by atoms with Gasteiger partial charge in [-0.05, 0) is 48.9 Å². The van der Waals surface area contributed by atoms with Gasteiger partial charge in [0.15, 0.2) is 0 Å². The van der Waals surface area contributed by atoms with Crippen molar-refractivity contribution in [2.45, 2.75) is 6.92 Å². The summed E-state index contributed by atoms with van der Waals surface area (Å²) in [6.07, 6.45) is 0. The molecular weight excluding hydrogens is 299 g/mol. The number of nitrogens with zero attached hydrogens (tertiary/aromatic N) is 1. The van der Waals surface area contributed by atoms with Crippen molar-refractivity contribution >= 4 is 23.1 Å². The molecule has 3 rings (SSSR count). The van der Waals surface area contributed by atoms with Gasteiger partial charge in [-0.15, -0.1) is 11.3 Å². The maximum atomic E-state index is 12.9. The topological polar surface area (TPSA) is 42.0 Å². The minimum Gasteiger partial charge on any atom is -0.306 e. The minimum atomic E-state index is -0.274. The van der Waals surface area contributed by atoms with E-state index in [1.807, 2.05) is 25.1 Å². The number of nitrogens with one attached hydrogen (secondary N) is 1. The summed E-state index contributed by atoms with van der Waals surface area (Å²) in [6.45, 7) is 1.87. The molecule has 0 saturated carbocycles. The van der Waals surface area contributed by atoms with Gasteiger partial charge in [0.1, 0.15) is 11.6 Å². The van der Waals surface area contributed by atoms with Crippen molar-refractivity contribution in [1.29, 1.82) is 0 Å². The SMILES string of the molecule is Cc1cccc(NC(=O)c2ccc(-c3ccc(F)cc3)s2)n1. The number of benzene rings is 1. The highest BCUT2D eigenvalue weighted by Gasteiger charge is 2.11. The standard InChI is InChI=1S/C17H13FN2OS/c1-11-3-2-4-16(19-11)20-17(21)15-10-9-14(22-15)12-5-7-13(18)8-6-12/h2-10H,1H3,(H,19,20,21). The number of thiophene rings is 1. The number of aryl methyl sites for hydroxylation is 1. The number of hydrogen-bond donors (Lipinski definition) is 1. The molecule has 0 radical (unpaired) electrons. The van der Waals surface area contributed by atoms with E-state index in [0.29, 0.717) is 10.7 Å². The van der Waals surface area contributed by atoms with E-state index in [9.17, 15) is 9.18 Å². The van der Waals surface area contributed by atoms with E-state index >= 15 is 0 Å². The maximum Gasteiger partial charge on any atom is 0.266 e. The van der Waals surface area contributed by atoms with Crippen LogP contribution in [0.3, 0.4) is 0 Å². The van der Waals surface area contributed by atoms with Crippen LogP contribution in [0.15, 0.2) is 54.6 Å². The lowest BCUT2D eigenvalue weighted by molar-refractivity contribution is 0.103. The lowest BCUT2D eigenvalue weighted by Gasteiger charge is -2.03. The Morgan fingerprint density at radius 1 is 1.09 bits per heavy atom. The van der Waals surface area contributed by atoms with Gasteiger partial charge in [0.2, 0.25) is 0 Å². The summed E-state index contributed by atoms with van der Waals surface area (Å²) < 4.78 is 12.9. The molecular formula is C17H13FN2OS. The summed E-state index contributed by atoms with van der Waals surface area (Å²) in [6, 6.07) is 15.3.